The van der Waals surface area contributed by atoms with Crippen molar-refractivity contribution in [2.45, 2.75) is 37.3 Å². The molecule has 1 heterocycles. The van der Waals surface area contributed by atoms with Crippen LogP contribution >= 0.6 is 0 Å². The lowest BCUT2D eigenvalue weighted by Crippen LogP contribution is -2.42. The van der Waals surface area contributed by atoms with Crippen LogP contribution in [0.4, 0.5) is 0 Å². The SMILES string of the molecule is NC1CCN(CCNC2CC2c2ccccc2)CC1. The van der Waals surface area contributed by atoms with Gasteiger partial charge in [-0.15, -0.1) is 0 Å². The van der Waals surface area contributed by atoms with Crippen molar-refractivity contribution in [3.8, 4) is 0 Å². The van der Waals surface area contributed by atoms with E-state index in [1.165, 1.54) is 31.6 Å². The van der Waals surface area contributed by atoms with Gasteiger partial charge in [-0.25, -0.2) is 0 Å². The van der Waals surface area contributed by atoms with Gasteiger partial charge >= 0.3 is 0 Å². The highest BCUT2D eigenvalue weighted by molar-refractivity contribution is 5.27. The van der Waals surface area contributed by atoms with E-state index in [-0.39, 0.29) is 0 Å². The van der Waals surface area contributed by atoms with E-state index >= 15 is 0 Å². The molecule has 3 heteroatoms. The minimum atomic E-state index is 0.440. The summed E-state index contributed by atoms with van der Waals surface area (Å²) in [5.74, 6) is 0.746. The molecular formula is C16H25N3. The van der Waals surface area contributed by atoms with Crippen molar-refractivity contribution in [3.05, 3.63) is 35.9 Å². The van der Waals surface area contributed by atoms with Gasteiger partial charge < -0.3 is 16.0 Å². The fourth-order valence-corrected chi connectivity index (χ4v) is 3.07. The zero-order valence-electron chi connectivity index (χ0n) is 11.6. The van der Waals surface area contributed by atoms with E-state index in [4.69, 9.17) is 5.73 Å². The average molecular weight is 259 g/mol. The average Bonchev–Trinajstić information content (AvgIpc) is 3.22. The number of hydrogen-bond acceptors (Lipinski definition) is 3. The summed E-state index contributed by atoms with van der Waals surface area (Å²) in [7, 11) is 0. The Morgan fingerprint density at radius 2 is 1.89 bits per heavy atom. The van der Waals surface area contributed by atoms with Gasteiger partial charge in [0.25, 0.3) is 0 Å². The second kappa shape index (κ2) is 6.04. The normalized spacial score (nSPS) is 28.5. The molecule has 0 bridgehead atoms. The van der Waals surface area contributed by atoms with E-state index in [1.54, 1.807) is 0 Å². The Morgan fingerprint density at radius 3 is 2.63 bits per heavy atom. The molecule has 0 spiro atoms. The standard InChI is InChI=1S/C16H25N3/c17-14-6-9-19(10-7-14)11-8-18-16-12-15(16)13-4-2-1-3-5-13/h1-5,14-16,18H,6-12,17H2. The monoisotopic (exact) mass is 259 g/mol. The largest absolute Gasteiger partial charge is 0.328 e. The fourth-order valence-electron chi connectivity index (χ4n) is 3.07. The third kappa shape index (κ3) is 3.56. The molecule has 1 saturated carbocycles. The molecule has 19 heavy (non-hydrogen) atoms. The van der Waals surface area contributed by atoms with Crippen molar-refractivity contribution in [2.75, 3.05) is 26.2 Å². The molecular weight excluding hydrogens is 234 g/mol. The van der Waals surface area contributed by atoms with Crippen molar-refractivity contribution >= 4 is 0 Å². The summed E-state index contributed by atoms with van der Waals surface area (Å²) in [6.45, 7) is 4.64. The molecule has 2 aliphatic rings. The van der Waals surface area contributed by atoms with Crippen LogP contribution in [-0.2, 0) is 0 Å². The maximum Gasteiger partial charge on any atom is 0.0143 e. The number of nitrogens with zero attached hydrogens (tertiary/aromatic N) is 1. The highest BCUT2D eigenvalue weighted by atomic mass is 15.2. The summed E-state index contributed by atoms with van der Waals surface area (Å²) in [5, 5.41) is 3.69. The zero-order valence-corrected chi connectivity index (χ0v) is 11.6. The zero-order chi connectivity index (χ0) is 13.1. The van der Waals surface area contributed by atoms with Gasteiger partial charge in [-0.1, -0.05) is 30.3 Å². The van der Waals surface area contributed by atoms with Gasteiger partial charge in [-0.2, -0.15) is 0 Å². The molecule has 3 N–H and O–H groups in total. The van der Waals surface area contributed by atoms with Gasteiger partial charge in [0.1, 0.15) is 0 Å². The highest BCUT2D eigenvalue weighted by Gasteiger charge is 2.37. The molecule has 1 aliphatic heterocycles. The Kier molecular flexibility index (Phi) is 4.16. The minimum Gasteiger partial charge on any atom is -0.328 e. The molecule has 1 aromatic carbocycles. The van der Waals surface area contributed by atoms with Crippen molar-refractivity contribution in [3.63, 3.8) is 0 Å². The van der Waals surface area contributed by atoms with Crippen LogP contribution in [0.2, 0.25) is 0 Å². The Bertz CT molecular complexity index is 384. The molecule has 104 valence electrons. The maximum atomic E-state index is 5.92. The third-order valence-electron chi connectivity index (χ3n) is 4.48. The summed E-state index contributed by atoms with van der Waals surface area (Å²) in [6.07, 6.45) is 3.63. The van der Waals surface area contributed by atoms with E-state index in [2.05, 4.69) is 40.5 Å². The van der Waals surface area contributed by atoms with Crippen LogP contribution in [0.1, 0.15) is 30.7 Å². The number of rotatable bonds is 5. The second-order valence-corrected chi connectivity index (χ2v) is 5.99. The van der Waals surface area contributed by atoms with Gasteiger partial charge in [-0.3, -0.25) is 0 Å². The van der Waals surface area contributed by atoms with Crippen LogP contribution in [0.5, 0.6) is 0 Å². The molecule has 1 aromatic rings. The Labute approximate surface area is 116 Å². The number of piperidine rings is 1. The summed E-state index contributed by atoms with van der Waals surface area (Å²) < 4.78 is 0. The minimum absolute atomic E-state index is 0.440. The smallest absolute Gasteiger partial charge is 0.0143 e. The van der Waals surface area contributed by atoms with Crippen molar-refractivity contribution in [1.29, 1.82) is 0 Å². The molecule has 3 rings (SSSR count). The molecule has 0 aromatic heterocycles. The van der Waals surface area contributed by atoms with E-state index in [1.807, 2.05) is 0 Å². The van der Waals surface area contributed by atoms with Gasteiger partial charge in [0.15, 0.2) is 0 Å². The Morgan fingerprint density at radius 1 is 1.16 bits per heavy atom. The second-order valence-electron chi connectivity index (χ2n) is 5.99. The highest BCUT2D eigenvalue weighted by Crippen LogP contribution is 2.40. The lowest BCUT2D eigenvalue weighted by molar-refractivity contribution is 0.213. The lowest BCUT2D eigenvalue weighted by atomic mass is 10.1. The van der Waals surface area contributed by atoms with Gasteiger partial charge in [0, 0.05) is 31.1 Å². The van der Waals surface area contributed by atoms with Crippen molar-refractivity contribution in [1.82, 2.24) is 10.2 Å². The van der Waals surface area contributed by atoms with Crippen LogP contribution in [-0.4, -0.2) is 43.2 Å². The van der Waals surface area contributed by atoms with Crippen molar-refractivity contribution in [2.24, 2.45) is 5.73 Å². The summed E-state index contributed by atoms with van der Waals surface area (Å²) in [6, 6.07) is 12.0. The van der Waals surface area contributed by atoms with Crippen LogP contribution in [0.3, 0.4) is 0 Å². The third-order valence-corrected chi connectivity index (χ3v) is 4.48. The number of hydrogen-bond donors (Lipinski definition) is 2. The predicted octanol–water partition coefficient (Wildman–Crippen LogP) is 1.56. The van der Waals surface area contributed by atoms with Crippen LogP contribution in [0, 0.1) is 0 Å². The topological polar surface area (TPSA) is 41.3 Å². The quantitative estimate of drug-likeness (QED) is 0.843. The molecule has 3 nitrogen and oxygen atoms in total. The van der Waals surface area contributed by atoms with Gasteiger partial charge in [0.05, 0.1) is 0 Å². The molecule has 2 unspecified atom stereocenters. The molecule has 2 atom stereocenters. The van der Waals surface area contributed by atoms with Crippen LogP contribution in [0.25, 0.3) is 0 Å². The number of nitrogens with two attached hydrogens (primary N) is 1. The van der Waals surface area contributed by atoms with E-state index < -0.39 is 0 Å². The van der Waals surface area contributed by atoms with E-state index in [0.717, 1.165) is 25.3 Å². The lowest BCUT2D eigenvalue weighted by Gasteiger charge is -2.30. The fraction of sp³-hybridized carbons (Fsp3) is 0.625. The molecule has 0 amide bonds. The summed E-state index contributed by atoms with van der Waals surface area (Å²) >= 11 is 0. The molecule has 1 aliphatic carbocycles. The Balaban J connectivity index is 1.34. The van der Waals surface area contributed by atoms with Crippen LogP contribution in [0.15, 0.2) is 30.3 Å². The van der Waals surface area contributed by atoms with Crippen LogP contribution < -0.4 is 11.1 Å². The van der Waals surface area contributed by atoms with Gasteiger partial charge in [-0.05, 0) is 37.9 Å². The van der Waals surface area contributed by atoms with E-state index in [0.29, 0.717) is 12.1 Å². The molecule has 0 radical (unpaired) electrons. The first-order chi connectivity index (χ1) is 9.33. The number of nitrogens with one attached hydrogen (secondary N) is 1. The summed E-state index contributed by atoms with van der Waals surface area (Å²) in [5.41, 5.74) is 7.41. The molecule has 2 fully saturated rings. The predicted molar refractivity (Wildman–Crippen MR) is 79.2 cm³/mol. The first kappa shape index (κ1) is 13.1. The number of likely N-dealkylation sites (tertiary alicyclic amines) is 1. The first-order valence-electron chi connectivity index (χ1n) is 7.59. The summed E-state index contributed by atoms with van der Waals surface area (Å²) in [4.78, 5) is 2.54. The van der Waals surface area contributed by atoms with E-state index in [9.17, 15) is 0 Å². The maximum absolute atomic E-state index is 5.92. The number of benzene rings is 1. The Hall–Kier alpha value is -0.900. The van der Waals surface area contributed by atoms with Gasteiger partial charge in [0.2, 0.25) is 0 Å². The van der Waals surface area contributed by atoms with Crippen molar-refractivity contribution < 1.29 is 0 Å². The first-order valence-corrected chi connectivity index (χ1v) is 7.59. The molecule has 1 saturated heterocycles.